The predicted octanol–water partition coefficient (Wildman–Crippen LogP) is 2.15. The SMILES string of the molecule is CCC1CCCC(Nc2cc(=O)[nH]cn2)C1. The van der Waals surface area contributed by atoms with Crippen molar-refractivity contribution in [2.45, 2.75) is 45.1 Å². The van der Waals surface area contributed by atoms with E-state index in [0.29, 0.717) is 11.9 Å². The molecule has 1 aliphatic carbocycles. The molecule has 4 nitrogen and oxygen atoms in total. The summed E-state index contributed by atoms with van der Waals surface area (Å²) < 4.78 is 0. The van der Waals surface area contributed by atoms with Gasteiger partial charge in [-0.2, -0.15) is 0 Å². The third kappa shape index (κ3) is 2.84. The predicted molar refractivity (Wildman–Crippen MR) is 64.5 cm³/mol. The molecular formula is C12H19N3O. The molecule has 1 heterocycles. The summed E-state index contributed by atoms with van der Waals surface area (Å²) in [5.41, 5.74) is -0.0969. The lowest BCUT2D eigenvalue weighted by Crippen LogP contribution is -2.28. The molecule has 0 aliphatic heterocycles. The fraction of sp³-hybridized carbons (Fsp3) is 0.667. The normalized spacial score (nSPS) is 25.3. The maximum absolute atomic E-state index is 11.1. The number of H-pyrrole nitrogens is 1. The first-order valence-electron chi connectivity index (χ1n) is 6.09. The van der Waals surface area contributed by atoms with Gasteiger partial charge in [0.05, 0.1) is 6.33 Å². The van der Waals surface area contributed by atoms with Gasteiger partial charge in [0, 0.05) is 12.1 Å². The van der Waals surface area contributed by atoms with Crippen molar-refractivity contribution in [3.63, 3.8) is 0 Å². The van der Waals surface area contributed by atoms with Crippen molar-refractivity contribution in [3.8, 4) is 0 Å². The second-order valence-corrected chi connectivity index (χ2v) is 4.58. The van der Waals surface area contributed by atoms with Crippen LogP contribution in [0.1, 0.15) is 39.0 Å². The topological polar surface area (TPSA) is 57.8 Å². The van der Waals surface area contributed by atoms with Crippen LogP contribution < -0.4 is 10.9 Å². The van der Waals surface area contributed by atoms with Crippen LogP contribution in [-0.2, 0) is 0 Å². The Kier molecular flexibility index (Phi) is 3.59. The second kappa shape index (κ2) is 5.14. The zero-order valence-corrected chi connectivity index (χ0v) is 9.70. The maximum Gasteiger partial charge on any atom is 0.252 e. The van der Waals surface area contributed by atoms with E-state index in [1.807, 2.05) is 0 Å². The van der Waals surface area contributed by atoms with Gasteiger partial charge < -0.3 is 10.3 Å². The highest BCUT2D eigenvalue weighted by Gasteiger charge is 2.20. The summed E-state index contributed by atoms with van der Waals surface area (Å²) in [5.74, 6) is 1.53. The Morgan fingerprint density at radius 1 is 1.56 bits per heavy atom. The van der Waals surface area contributed by atoms with Crippen molar-refractivity contribution in [3.05, 3.63) is 22.7 Å². The van der Waals surface area contributed by atoms with Gasteiger partial charge in [-0.1, -0.05) is 26.2 Å². The molecule has 1 fully saturated rings. The first kappa shape index (κ1) is 11.2. The minimum Gasteiger partial charge on any atom is -0.367 e. The Morgan fingerprint density at radius 2 is 2.44 bits per heavy atom. The van der Waals surface area contributed by atoms with Gasteiger partial charge in [-0.05, 0) is 18.8 Å². The second-order valence-electron chi connectivity index (χ2n) is 4.58. The smallest absolute Gasteiger partial charge is 0.252 e. The Morgan fingerprint density at radius 3 is 3.19 bits per heavy atom. The maximum atomic E-state index is 11.1. The van der Waals surface area contributed by atoms with Gasteiger partial charge in [0.2, 0.25) is 0 Å². The van der Waals surface area contributed by atoms with Crippen molar-refractivity contribution in [1.29, 1.82) is 0 Å². The lowest BCUT2D eigenvalue weighted by atomic mass is 9.84. The molecule has 1 aromatic heterocycles. The molecule has 2 unspecified atom stereocenters. The van der Waals surface area contributed by atoms with Crippen LogP contribution in [0.15, 0.2) is 17.2 Å². The molecule has 1 saturated carbocycles. The highest BCUT2D eigenvalue weighted by molar-refractivity contribution is 5.33. The quantitative estimate of drug-likeness (QED) is 0.822. The van der Waals surface area contributed by atoms with Gasteiger partial charge in [-0.25, -0.2) is 4.98 Å². The lowest BCUT2D eigenvalue weighted by Gasteiger charge is -2.29. The van der Waals surface area contributed by atoms with Gasteiger partial charge in [0.25, 0.3) is 5.56 Å². The van der Waals surface area contributed by atoms with E-state index in [1.165, 1.54) is 44.5 Å². The molecule has 0 aromatic carbocycles. The standard InChI is InChI=1S/C12H19N3O/c1-2-9-4-3-5-10(6-9)15-11-7-12(16)14-8-13-11/h7-10H,2-6H2,1H3,(H2,13,14,15,16). The van der Waals surface area contributed by atoms with Gasteiger partial charge >= 0.3 is 0 Å². The molecule has 4 heteroatoms. The summed E-state index contributed by atoms with van der Waals surface area (Å²) >= 11 is 0. The van der Waals surface area contributed by atoms with E-state index in [1.54, 1.807) is 0 Å². The summed E-state index contributed by atoms with van der Waals surface area (Å²) in [7, 11) is 0. The molecular weight excluding hydrogens is 202 g/mol. The molecule has 0 bridgehead atoms. The zero-order chi connectivity index (χ0) is 11.4. The van der Waals surface area contributed by atoms with E-state index in [9.17, 15) is 4.79 Å². The third-order valence-electron chi connectivity index (χ3n) is 3.39. The van der Waals surface area contributed by atoms with Crippen molar-refractivity contribution in [1.82, 2.24) is 9.97 Å². The molecule has 0 saturated heterocycles. The monoisotopic (exact) mass is 221 g/mol. The van der Waals surface area contributed by atoms with Crippen LogP contribution in [0.3, 0.4) is 0 Å². The summed E-state index contributed by atoms with van der Waals surface area (Å²) in [4.78, 5) is 17.8. The number of aromatic amines is 1. The first-order valence-corrected chi connectivity index (χ1v) is 6.09. The number of aromatic nitrogens is 2. The summed E-state index contributed by atoms with van der Waals surface area (Å²) in [5, 5.41) is 3.35. The first-order chi connectivity index (χ1) is 7.78. The van der Waals surface area contributed by atoms with Crippen molar-refractivity contribution >= 4 is 5.82 Å². The molecule has 2 atom stereocenters. The van der Waals surface area contributed by atoms with Crippen molar-refractivity contribution in [2.24, 2.45) is 5.92 Å². The minimum absolute atomic E-state index is 0.0969. The zero-order valence-electron chi connectivity index (χ0n) is 9.70. The van der Waals surface area contributed by atoms with Crippen molar-refractivity contribution in [2.75, 3.05) is 5.32 Å². The van der Waals surface area contributed by atoms with Crippen LogP contribution in [-0.4, -0.2) is 16.0 Å². The van der Waals surface area contributed by atoms with Gasteiger partial charge in [-0.15, -0.1) is 0 Å². The third-order valence-corrected chi connectivity index (χ3v) is 3.39. The number of nitrogens with one attached hydrogen (secondary N) is 2. The lowest BCUT2D eigenvalue weighted by molar-refractivity contribution is 0.327. The van der Waals surface area contributed by atoms with Crippen LogP contribution in [0.25, 0.3) is 0 Å². The number of rotatable bonds is 3. The van der Waals surface area contributed by atoms with Crippen LogP contribution in [0.2, 0.25) is 0 Å². The van der Waals surface area contributed by atoms with E-state index < -0.39 is 0 Å². The summed E-state index contributed by atoms with van der Waals surface area (Å²) in [6, 6.07) is 2.00. The van der Waals surface area contributed by atoms with Gasteiger partial charge in [-0.3, -0.25) is 4.79 Å². The summed E-state index contributed by atoms with van der Waals surface area (Å²) in [6.45, 7) is 2.25. The number of nitrogens with zero attached hydrogens (tertiary/aromatic N) is 1. The average molecular weight is 221 g/mol. The van der Waals surface area contributed by atoms with Gasteiger partial charge in [0.1, 0.15) is 5.82 Å². The van der Waals surface area contributed by atoms with E-state index >= 15 is 0 Å². The number of anilines is 1. The molecule has 1 aliphatic rings. The molecule has 0 radical (unpaired) electrons. The molecule has 2 rings (SSSR count). The van der Waals surface area contributed by atoms with Gasteiger partial charge in [0.15, 0.2) is 0 Å². The highest BCUT2D eigenvalue weighted by Crippen LogP contribution is 2.27. The number of hydrogen-bond acceptors (Lipinski definition) is 3. The minimum atomic E-state index is -0.0969. The fourth-order valence-electron chi connectivity index (χ4n) is 2.45. The Balaban J connectivity index is 1.96. The van der Waals surface area contributed by atoms with Crippen LogP contribution >= 0.6 is 0 Å². The van der Waals surface area contributed by atoms with E-state index in [-0.39, 0.29) is 5.56 Å². The Labute approximate surface area is 95.5 Å². The van der Waals surface area contributed by atoms with E-state index in [4.69, 9.17) is 0 Å². The van der Waals surface area contributed by atoms with E-state index in [2.05, 4.69) is 22.2 Å². The molecule has 88 valence electrons. The molecule has 2 N–H and O–H groups in total. The average Bonchev–Trinajstić information content (AvgIpc) is 2.29. The van der Waals surface area contributed by atoms with Crippen LogP contribution in [0.4, 0.5) is 5.82 Å². The Bertz CT molecular complexity index is 388. The highest BCUT2D eigenvalue weighted by atomic mass is 16.1. The van der Waals surface area contributed by atoms with Crippen LogP contribution in [0, 0.1) is 5.92 Å². The van der Waals surface area contributed by atoms with Crippen molar-refractivity contribution < 1.29 is 0 Å². The van der Waals surface area contributed by atoms with E-state index in [0.717, 1.165) is 5.92 Å². The molecule has 0 spiro atoms. The largest absolute Gasteiger partial charge is 0.367 e. The Hall–Kier alpha value is -1.32. The molecule has 0 amide bonds. The number of hydrogen-bond donors (Lipinski definition) is 2. The molecule has 16 heavy (non-hydrogen) atoms. The summed E-state index contributed by atoms with van der Waals surface area (Å²) in [6.07, 6.45) is 7.71. The van der Waals surface area contributed by atoms with Crippen LogP contribution in [0.5, 0.6) is 0 Å². The fourth-order valence-corrected chi connectivity index (χ4v) is 2.45. The molecule has 1 aromatic rings.